The first-order chi connectivity index (χ1) is 15.3. The monoisotopic (exact) mass is 423 g/mol. The molecule has 0 fully saturated rings. The zero-order chi connectivity index (χ0) is 21.0. The fourth-order valence-electron chi connectivity index (χ4n) is 3.66. The Bertz CT molecular complexity index is 1260. The highest BCUT2D eigenvalue weighted by atomic mass is 32.2. The molecule has 1 aliphatic rings. The molecular formula is C26H21N3OS. The van der Waals surface area contributed by atoms with Crippen molar-refractivity contribution in [3.63, 3.8) is 0 Å². The maximum Gasteiger partial charge on any atom is 0.253 e. The van der Waals surface area contributed by atoms with Gasteiger partial charge in [-0.15, -0.1) is 0 Å². The minimum atomic E-state index is -0.00884. The average molecular weight is 424 g/mol. The third-order valence-electron chi connectivity index (χ3n) is 5.22. The lowest BCUT2D eigenvalue weighted by Crippen LogP contribution is -2.31. The predicted octanol–water partition coefficient (Wildman–Crippen LogP) is 5.68. The molecule has 31 heavy (non-hydrogen) atoms. The summed E-state index contributed by atoms with van der Waals surface area (Å²) in [5.74, 6) is -0.00884. The van der Waals surface area contributed by atoms with Gasteiger partial charge in [-0.05, 0) is 48.0 Å². The van der Waals surface area contributed by atoms with E-state index in [1.807, 2.05) is 36.4 Å². The molecule has 2 aromatic heterocycles. The molecule has 4 nitrogen and oxygen atoms in total. The number of hydrogen-bond donors (Lipinski definition) is 2. The van der Waals surface area contributed by atoms with Crippen LogP contribution in [0.4, 0.5) is 0 Å². The quantitative estimate of drug-likeness (QED) is 0.434. The summed E-state index contributed by atoms with van der Waals surface area (Å²) < 4.78 is 0. The number of nitrogens with one attached hydrogen (secondary N) is 2. The number of aromatic nitrogens is 2. The van der Waals surface area contributed by atoms with Gasteiger partial charge in [0, 0.05) is 45.9 Å². The normalized spacial score (nSPS) is 13.2. The van der Waals surface area contributed by atoms with E-state index in [4.69, 9.17) is 0 Å². The Balaban J connectivity index is 1.40. The number of H-pyrrole nitrogens is 1. The lowest BCUT2D eigenvalue weighted by molar-refractivity contribution is 0.0946. The standard InChI is InChI=1S/C26H21N3OS/c30-26-22-17-24(29-23(22)13-15-28-26)19-12-14-27-20(16-19)11-10-18-6-4-5-9-25(18)31-21-7-2-1-3-8-21/h1-12,14,16-17,29H,13,15H2,(H,28,30)/b11-10+. The molecule has 5 heteroatoms. The Morgan fingerprint density at radius 2 is 1.77 bits per heavy atom. The topological polar surface area (TPSA) is 57.8 Å². The molecule has 0 aliphatic carbocycles. The summed E-state index contributed by atoms with van der Waals surface area (Å²) >= 11 is 1.75. The molecule has 2 N–H and O–H groups in total. The largest absolute Gasteiger partial charge is 0.358 e. The van der Waals surface area contributed by atoms with Crippen LogP contribution >= 0.6 is 11.8 Å². The van der Waals surface area contributed by atoms with Gasteiger partial charge in [0.15, 0.2) is 0 Å². The fraction of sp³-hybridized carbons (Fsp3) is 0.0769. The van der Waals surface area contributed by atoms with E-state index in [0.717, 1.165) is 40.2 Å². The van der Waals surface area contributed by atoms with Crippen LogP contribution in [0.25, 0.3) is 23.4 Å². The van der Waals surface area contributed by atoms with E-state index < -0.39 is 0 Å². The van der Waals surface area contributed by atoms with Crippen molar-refractivity contribution in [2.75, 3.05) is 6.54 Å². The van der Waals surface area contributed by atoms with Crippen molar-refractivity contribution in [2.45, 2.75) is 16.2 Å². The van der Waals surface area contributed by atoms with Crippen molar-refractivity contribution in [3.8, 4) is 11.3 Å². The predicted molar refractivity (Wildman–Crippen MR) is 126 cm³/mol. The Hall–Kier alpha value is -3.57. The molecule has 0 bridgehead atoms. The van der Waals surface area contributed by atoms with Gasteiger partial charge in [0.25, 0.3) is 5.91 Å². The molecule has 4 aromatic rings. The van der Waals surface area contributed by atoms with Crippen LogP contribution < -0.4 is 5.32 Å². The molecule has 1 amide bonds. The van der Waals surface area contributed by atoms with Gasteiger partial charge in [-0.25, -0.2) is 0 Å². The summed E-state index contributed by atoms with van der Waals surface area (Å²) in [6.45, 7) is 0.677. The van der Waals surface area contributed by atoms with Crippen molar-refractivity contribution in [1.29, 1.82) is 0 Å². The van der Waals surface area contributed by atoms with E-state index in [9.17, 15) is 4.79 Å². The number of rotatable bonds is 5. The number of nitrogens with zero attached hydrogens (tertiary/aromatic N) is 1. The van der Waals surface area contributed by atoms with Gasteiger partial charge in [0.2, 0.25) is 0 Å². The average Bonchev–Trinajstić information content (AvgIpc) is 3.25. The van der Waals surface area contributed by atoms with Crippen LogP contribution in [-0.2, 0) is 6.42 Å². The molecule has 0 spiro atoms. The summed E-state index contributed by atoms with van der Waals surface area (Å²) in [6, 6.07) is 24.7. The zero-order valence-electron chi connectivity index (χ0n) is 16.8. The first-order valence-corrected chi connectivity index (χ1v) is 11.0. The van der Waals surface area contributed by atoms with E-state index in [2.05, 4.69) is 63.8 Å². The Morgan fingerprint density at radius 1 is 0.935 bits per heavy atom. The molecule has 0 radical (unpaired) electrons. The lowest BCUT2D eigenvalue weighted by atomic mass is 10.1. The van der Waals surface area contributed by atoms with Crippen molar-refractivity contribution in [3.05, 3.63) is 102 Å². The smallest absolute Gasteiger partial charge is 0.253 e. The molecule has 0 unspecified atom stereocenters. The van der Waals surface area contributed by atoms with Gasteiger partial charge < -0.3 is 10.3 Å². The van der Waals surface area contributed by atoms with Crippen LogP contribution in [0.1, 0.15) is 27.3 Å². The number of benzene rings is 2. The maximum atomic E-state index is 12.1. The summed E-state index contributed by atoms with van der Waals surface area (Å²) in [6.07, 6.45) is 6.77. The van der Waals surface area contributed by atoms with Crippen molar-refractivity contribution >= 4 is 29.8 Å². The van der Waals surface area contributed by atoms with E-state index in [0.29, 0.717) is 6.54 Å². The van der Waals surface area contributed by atoms with Gasteiger partial charge in [-0.1, -0.05) is 54.2 Å². The second-order valence-electron chi connectivity index (χ2n) is 7.34. The van der Waals surface area contributed by atoms with Crippen LogP contribution in [0, 0.1) is 0 Å². The molecule has 0 atom stereocenters. The molecule has 2 aromatic carbocycles. The first-order valence-electron chi connectivity index (χ1n) is 10.2. The van der Waals surface area contributed by atoms with E-state index in [1.165, 1.54) is 9.79 Å². The molecule has 0 saturated carbocycles. The molecule has 3 heterocycles. The molecular weight excluding hydrogens is 402 g/mol. The minimum absolute atomic E-state index is 0.00884. The van der Waals surface area contributed by atoms with E-state index in [1.54, 1.807) is 18.0 Å². The van der Waals surface area contributed by atoms with Gasteiger partial charge >= 0.3 is 0 Å². The molecule has 152 valence electrons. The SMILES string of the molecule is O=C1NCCc2[nH]c(-c3ccnc(/C=C/c4ccccc4Sc4ccccc4)c3)cc21. The van der Waals surface area contributed by atoms with Gasteiger partial charge in [0.05, 0.1) is 11.3 Å². The van der Waals surface area contributed by atoms with Crippen LogP contribution in [0.2, 0.25) is 0 Å². The Kier molecular flexibility index (Phi) is 5.42. The van der Waals surface area contributed by atoms with Crippen molar-refractivity contribution in [1.82, 2.24) is 15.3 Å². The van der Waals surface area contributed by atoms with Crippen LogP contribution in [0.5, 0.6) is 0 Å². The highest BCUT2D eigenvalue weighted by Crippen LogP contribution is 2.31. The number of aromatic amines is 1. The fourth-order valence-corrected chi connectivity index (χ4v) is 4.61. The van der Waals surface area contributed by atoms with Crippen LogP contribution in [0.15, 0.2) is 88.8 Å². The van der Waals surface area contributed by atoms with Crippen molar-refractivity contribution in [2.24, 2.45) is 0 Å². The van der Waals surface area contributed by atoms with Crippen LogP contribution in [-0.4, -0.2) is 22.4 Å². The van der Waals surface area contributed by atoms with E-state index in [-0.39, 0.29) is 5.91 Å². The van der Waals surface area contributed by atoms with Crippen LogP contribution in [0.3, 0.4) is 0 Å². The highest BCUT2D eigenvalue weighted by Gasteiger charge is 2.19. The number of carbonyl (C=O) groups excluding carboxylic acids is 1. The number of hydrogen-bond acceptors (Lipinski definition) is 3. The second-order valence-corrected chi connectivity index (χ2v) is 8.45. The van der Waals surface area contributed by atoms with E-state index >= 15 is 0 Å². The molecule has 1 aliphatic heterocycles. The maximum absolute atomic E-state index is 12.1. The highest BCUT2D eigenvalue weighted by molar-refractivity contribution is 7.99. The van der Waals surface area contributed by atoms with Crippen molar-refractivity contribution < 1.29 is 4.79 Å². The van der Waals surface area contributed by atoms with Gasteiger partial charge in [0.1, 0.15) is 0 Å². The first kappa shape index (κ1) is 19.4. The number of carbonyl (C=O) groups is 1. The Morgan fingerprint density at radius 3 is 2.65 bits per heavy atom. The third-order valence-corrected chi connectivity index (χ3v) is 6.32. The lowest BCUT2D eigenvalue weighted by Gasteiger charge is -2.10. The van der Waals surface area contributed by atoms with Gasteiger partial charge in [-0.3, -0.25) is 9.78 Å². The molecule has 5 rings (SSSR count). The number of pyridine rings is 1. The zero-order valence-corrected chi connectivity index (χ0v) is 17.7. The second kappa shape index (κ2) is 8.66. The summed E-state index contributed by atoms with van der Waals surface area (Å²) in [4.78, 5) is 22.4. The number of amides is 1. The summed E-state index contributed by atoms with van der Waals surface area (Å²) in [7, 11) is 0. The molecule has 0 saturated heterocycles. The minimum Gasteiger partial charge on any atom is -0.358 e. The van der Waals surface area contributed by atoms with Gasteiger partial charge in [-0.2, -0.15) is 0 Å². The number of fused-ring (bicyclic) bond motifs is 1. The Labute approximate surface area is 185 Å². The third kappa shape index (κ3) is 4.32. The summed E-state index contributed by atoms with van der Waals surface area (Å²) in [5.41, 5.74) is 5.72. The summed E-state index contributed by atoms with van der Waals surface area (Å²) in [5, 5.41) is 2.89.